The number of hydrogen-bond donors (Lipinski definition) is 2. The van der Waals surface area contributed by atoms with Crippen molar-refractivity contribution in [2.24, 2.45) is 0 Å². The number of para-hydroxylation sites is 1. The number of nitrogens with zero attached hydrogens (tertiary/aromatic N) is 1. The van der Waals surface area contributed by atoms with Gasteiger partial charge in [0.2, 0.25) is 0 Å². The molecule has 106 valence electrons. The van der Waals surface area contributed by atoms with Crippen molar-refractivity contribution < 1.29 is 0 Å². The van der Waals surface area contributed by atoms with Gasteiger partial charge in [-0.3, -0.25) is 4.79 Å². The van der Waals surface area contributed by atoms with Crippen LogP contribution in [0.4, 0.5) is 0 Å². The summed E-state index contributed by atoms with van der Waals surface area (Å²) in [5.74, 6) is 0.734. The third kappa shape index (κ3) is 3.07. The number of benzene rings is 1. The summed E-state index contributed by atoms with van der Waals surface area (Å²) in [6.45, 7) is 0.644. The van der Waals surface area contributed by atoms with E-state index in [-0.39, 0.29) is 5.56 Å². The molecule has 1 fully saturated rings. The van der Waals surface area contributed by atoms with E-state index in [1.807, 2.05) is 24.3 Å². The molecule has 20 heavy (non-hydrogen) atoms. The average molecular weight is 271 g/mol. The first kappa shape index (κ1) is 13.3. The second-order valence-electron chi connectivity index (χ2n) is 5.60. The summed E-state index contributed by atoms with van der Waals surface area (Å²) in [7, 11) is 0. The van der Waals surface area contributed by atoms with Crippen LogP contribution < -0.4 is 10.9 Å². The fraction of sp³-hybridized carbons (Fsp3) is 0.500. The smallest absolute Gasteiger partial charge is 0.258 e. The monoisotopic (exact) mass is 271 g/mol. The molecule has 0 radical (unpaired) electrons. The Labute approximate surface area is 118 Å². The first-order valence-electron chi connectivity index (χ1n) is 7.54. The third-order valence-corrected chi connectivity index (χ3v) is 4.08. The van der Waals surface area contributed by atoms with Crippen molar-refractivity contribution in [2.45, 2.75) is 51.1 Å². The van der Waals surface area contributed by atoms with Gasteiger partial charge >= 0.3 is 0 Å². The highest BCUT2D eigenvalue weighted by atomic mass is 16.1. The number of H-pyrrole nitrogens is 1. The summed E-state index contributed by atoms with van der Waals surface area (Å²) in [4.78, 5) is 19.4. The standard InChI is InChI=1S/C16H21N3O/c20-16-13-9-5-6-10-14(13)18-15(19-16)11-17-12-7-3-1-2-4-8-12/h5-6,9-10,12,17H,1-4,7-8,11H2,(H,18,19,20). The maximum absolute atomic E-state index is 12.0. The molecule has 4 heteroatoms. The number of nitrogens with one attached hydrogen (secondary N) is 2. The van der Waals surface area contributed by atoms with Crippen molar-refractivity contribution in [3.05, 3.63) is 40.4 Å². The van der Waals surface area contributed by atoms with E-state index >= 15 is 0 Å². The Hall–Kier alpha value is -1.68. The van der Waals surface area contributed by atoms with Crippen molar-refractivity contribution in [1.29, 1.82) is 0 Å². The average Bonchev–Trinajstić information content (AvgIpc) is 2.74. The van der Waals surface area contributed by atoms with Crippen LogP contribution in [-0.2, 0) is 6.54 Å². The van der Waals surface area contributed by atoms with Gasteiger partial charge in [0, 0.05) is 6.04 Å². The van der Waals surface area contributed by atoms with E-state index in [9.17, 15) is 4.79 Å². The van der Waals surface area contributed by atoms with Gasteiger partial charge in [-0.15, -0.1) is 0 Å². The Kier molecular flexibility index (Phi) is 4.11. The van der Waals surface area contributed by atoms with Gasteiger partial charge in [-0.25, -0.2) is 4.98 Å². The zero-order chi connectivity index (χ0) is 13.8. The lowest BCUT2D eigenvalue weighted by Gasteiger charge is -2.15. The van der Waals surface area contributed by atoms with Crippen LogP contribution in [0, 0.1) is 0 Å². The molecule has 1 saturated carbocycles. The van der Waals surface area contributed by atoms with Crippen LogP contribution >= 0.6 is 0 Å². The van der Waals surface area contributed by atoms with Crippen LogP contribution in [0.3, 0.4) is 0 Å². The zero-order valence-electron chi connectivity index (χ0n) is 11.7. The fourth-order valence-corrected chi connectivity index (χ4v) is 2.94. The number of fused-ring (bicyclic) bond motifs is 1. The highest BCUT2D eigenvalue weighted by Gasteiger charge is 2.12. The normalized spacial score (nSPS) is 17.2. The topological polar surface area (TPSA) is 57.8 Å². The molecule has 0 aliphatic heterocycles. The van der Waals surface area contributed by atoms with Gasteiger partial charge in [0.1, 0.15) is 5.82 Å². The van der Waals surface area contributed by atoms with Crippen LogP contribution in [0.25, 0.3) is 10.9 Å². The second-order valence-corrected chi connectivity index (χ2v) is 5.60. The Morgan fingerprint density at radius 1 is 1.15 bits per heavy atom. The largest absolute Gasteiger partial charge is 0.309 e. The lowest BCUT2D eigenvalue weighted by atomic mass is 10.1. The van der Waals surface area contributed by atoms with Gasteiger partial charge in [-0.1, -0.05) is 37.8 Å². The highest BCUT2D eigenvalue weighted by molar-refractivity contribution is 5.77. The first-order chi connectivity index (χ1) is 9.83. The second kappa shape index (κ2) is 6.18. The minimum Gasteiger partial charge on any atom is -0.309 e. The minimum absolute atomic E-state index is 0.0479. The van der Waals surface area contributed by atoms with Crippen LogP contribution in [0.5, 0.6) is 0 Å². The molecule has 1 aromatic carbocycles. The summed E-state index contributed by atoms with van der Waals surface area (Å²) in [5, 5.41) is 4.20. The maximum atomic E-state index is 12.0. The van der Waals surface area contributed by atoms with Gasteiger partial charge in [0.15, 0.2) is 0 Å². The fourth-order valence-electron chi connectivity index (χ4n) is 2.94. The van der Waals surface area contributed by atoms with Crippen LogP contribution in [0.15, 0.2) is 29.1 Å². The summed E-state index contributed by atoms with van der Waals surface area (Å²) in [5.41, 5.74) is 0.724. The SMILES string of the molecule is O=c1[nH]c(CNC2CCCCCC2)nc2ccccc12. The Balaban J connectivity index is 1.72. The first-order valence-corrected chi connectivity index (χ1v) is 7.54. The maximum Gasteiger partial charge on any atom is 0.258 e. The third-order valence-electron chi connectivity index (χ3n) is 4.08. The summed E-state index contributed by atoms with van der Waals surface area (Å²) in [6, 6.07) is 8.04. The molecule has 0 saturated heterocycles. The molecule has 0 amide bonds. The minimum atomic E-state index is -0.0479. The molecule has 0 unspecified atom stereocenters. The van der Waals surface area contributed by atoms with Crippen molar-refractivity contribution >= 4 is 10.9 Å². The Morgan fingerprint density at radius 3 is 2.70 bits per heavy atom. The molecule has 2 aromatic rings. The van der Waals surface area contributed by atoms with Gasteiger partial charge in [0.25, 0.3) is 5.56 Å². The molecule has 1 aromatic heterocycles. The van der Waals surface area contributed by atoms with Crippen molar-refractivity contribution in [1.82, 2.24) is 15.3 Å². The lowest BCUT2D eigenvalue weighted by molar-refractivity contribution is 0.452. The summed E-state index contributed by atoms with van der Waals surface area (Å²) in [6.07, 6.45) is 7.78. The zero-order valence-corrected chi connectivity index (χ0v) is 11.7. The van der Waals surface area contributed by atoms with Crippen LogP contribution in [0.1, 0.15) is 44.3 Å². The van der Waals surface area contributed by atoms with Gasteiger partial charge in [-0.05, 0) is 25.0 Å². The Bertz CT molecular complexity index is 627. The van der Waals surface area contributed by atoms with E-state index < -0.39 is 0 Å². The number of rotatable bonds is 3. The predicted octanol–water partition coefficient (Wildman–Crippen LogP) is 2.74. The van der Waals surface area contributed by atoms with E-state index in [1.165, 1.54) is 38.5 Å². The highest BCUT2D eigenvalue weighted by Crippen LogP contribution is 2.17. The molecule has 3 rings (SSSR count). The molecule has 1 heterocycles. The van der Waals surface area contributed by atoms with E-state index in [2.05, 4.69) is 15.3 Å². The lowest BCUT2D eigenvalue weighted by Crippen LogP contribution is -2.29. The number of aromatic nitrogens is 2. The summed E-state index contributed by atoms with van der Waals surface area (Å²) < 4.78 is 0. The Morgan fingerprint density at radius 2 is 1.90 bits per heavy atom. The molecular weight excluding hydrogens is 250 g/mol. The predicted molar refractivity (Wildman–Crippen MR) is 80.7 cm³/mol. The molecule has 0 spiro atoms. The molecule has 4 nitrogen and oxygen atoms in total. The molecule has 2 N–H and O–H groups in total. The molecule has 0 bridgehead atoms. The van der Waals surface area contributed by atoms with Gasteiger partial charge < -0.3 is 10.3 Å². The number of hydrogen-bond acceptors (Lipinski definition) is 3. The molecule has 1 aliphatic carbocycles. The van der Waals surface area contributed by atoms with Crippen molar-refractivity contribution in [3.8, 4) is 0 Å². The summed E-state index contributed by atoms with van der Waals surface area (Å²) >= 11 is 0. The van der Waals surface area contributed by atoms with E-state index in [0.29, 0.717) is 18.0 Å². The van der Waals surface area contributed by atoms with E-state index in [4.69, 9.17) is 0 Å². The molecule has 1 aliphatic rings. The van der Waals surface area contributed by atoms with E-state index in [0.717, 1.165) is 11.3 Å². The number of aromatic amines is 1. The van der Waals surface area contributed by atoms with Crippen molar-refractivity contribution in [3.63, 3.8) is 0 Å². The quantitative estimate of drug-likeness (QED) is 0.844. The van der Waals surface area contributed by atoms with E-state index in [1.54, 1.807) is 0 Å². The van der Waals surface area contributed by atoms with Crippen molar-refractivity contribution in [2.75, 3.05) is 0 Å². The van der Waals surface area contributed by atoms with Crippen LogP contribution in [0.2, 0.25) is 0 Å². The van der Waals surface area contributed by atoms with Crippen LogP contribution in [-0.4, -0.2) is 16.0 Å². The molecule has 0 atom stereocenters. The molecular formula is C16H21N3O. The van der Waals surface area contributed by atoms with Gasteiger partial charge in [-0.2, -0.15) is 0 Å². The van der Waals surface area contributed by atoms with Gasteiger partial charge in [0.05, 0.1) is 17.4 Å².